The van der Waals surface area contributed by atoms with Crippen LogP contribution in [0, 0.1) is 0 Å². The Hall–Kier alpha value is -2.02. The van der Waals surface area contributed by atoms with Gasteiger partial charge >= 0.3 is 0 Å². The summed E-state index contributed by atoms with van der Waals surface area (Å²) in [5.74, 6) is 1.01. The van der Waals surface area contributed by atoms with Gasteiger partial charge in [0, 0.05) is 0 Å². The first-order chi connectivity index (χ1) is 11.8. The monoisotopic (exact) mass is 320 g/mol. The fourth-order valence-corrected chi connectivity index (χ4v) is 3.46. The molecular weight excluding hydrogens is 292 g/mol. The lowest BCUT2D eigenvalue weighted by molar-refractivity contribution is 0.305. The number of fused-ring (bicyclic) bond motifs is 2. The molecule has 24 heavy (non-hydrogen) atoms. The van der Waals surface area contributed by atoms with Crippen molar-refractivity contribution >= 4 is 21.5 Å². The quantitative estimate of drug-likeness (QED) is 0.324. The Morgan fingerprint density at radius 1 is 0.750 bits per heavy atom. The van der Waals surface area contributed by atoms with E-state index >= 15 is 0 Å². The summed E-state index contributed by atoms with van der Waals surface area (Å²) in [4.78, 5) is 0. The summed E-state index contributed by atoms with van der Waals surface area (Å²) in [6.45, 7) is 5.31. The fraction of sp³-hybridized carbons (Fsp3) is 0.391. The number of ether oxygens (including phenoxy) is 1. The molecule has 0 heterocycles. The van der Waals surface area contributed by atoms with E-state index in [1.165, 1.54) is 46.4 Å². The van der Waals surface area contributed by atoms with Crippen molar-refractivity contribution in [1.29, 1.82) is 0 Å². The van der Waals surface area contributed by atoms with Crippen LogP contribution in [0.4, 0.5) is 0 Å². The Balaban J connectivity index is 1.92. The predicted molar refractivity (Wildman–Crippen MR) is 105 cm³/mol. The maximum atomic E-state index is 6.01. The van der Waals surface area contributed by atoms with Crippen LogP contribution in [0.1, 0.15) is 51.5 Å². The van der Waals surface area contributed by atoms with E-state index in [0.717, 1.165) is 31.6 Å². The van der Waals surface area contributed by atoms with Crippen molar-refractivity contribution < 1.29 is 4.74 Å². The summed E-state index contributed by atoms with van der Waals surface area (Å²) < 4.78 is 6.01. The van der Waals surface area contributed by atoms with Crippen molar-refractivity contribution in [2.24, 2.45) is 0 Å². The van der Waals surface area contributed by atoms with Gasteiger partial charge in [0.25, 0.3) is 0 Å². The second kappa shape index (κ2) is 8.19. The second-order valence-electron chi connectivity index (χ2n) is 6.62. The van der Waals surface area contributed by atoms with Gasteiger partial charge in [-0.1, -0.05) is 69.9 Å². The highest BCUT2D eigenvalue weighted by molar-refractivity contribution is 6.02. The van der Waals surface area contributed by atoms with E-state index in [1.54, 1.807) is 0 Å². The van der Waals surface area contributed by atoms with Crippen LogP contribution < -0.4 is 4.74 Å². The number of benzene rings is 3. The Bertz CT molecular complexity index is 804. The van der Waals surface area contributed by atoms with E-state index in [1.807, 2.05) is 0 Å². The molecule has 3 rings (SSSR count). The maximum absolute atomic E-state index is 6.01. The van der Waals surface area contributed by atoms with Crippen LogP contribution in [0.15, 0.2) is 48.5 Å². The Kier molecular flexibility index (Phi) is 5.74. The van der Waals surface area contributed by atoms with Gasteiger partial charge in [0.05, 0.1) is 6.61 Å². The molecule has 1 nitrogen and oxygen atoms in total. The van der Waals surface area contributed by atoms with Gasteiger partial charge in [0.2, 0.25) is 0 Å². The van der Waals surface area contributed by atoms with Gasteiger partial charge in [-0.3, -0.25) is 0 Å². The van der Waals surface area contributed by atoms with Gasteiger partial charge in [-0.15, -0.1) is 0 Å². The highest BCUT2D eigenvalue weighted by Crippen LogP contribution is 2.32. The van der Waals surface area contributed by atoms with Gasteiger partial charge in [-0.25, -0.2) is 0 Å². The lowest BCUT2D eigenvalue weighted by Crippen LogP contribution is -1.98. The minimum atomic E-state index is 0.822. The van der Waals surface area contributed by atoms with Crippen molar-refractivity contribution in [1.82, 2.24) is 0 Å². The number of hydrogen-bond acceptors (Lipinski definition) is 1. The predicted octanol–water partition coefficient (Wildman–Crippen LogP) is 6.90. The maximum Gasteiger partial charge on any atom is 0.119 e. The average molecular weight is 320 g/mol. The van der Waals surface area contributed by atoms with Crippen LogP contribution in [0.25, 0.3) is 21.5 Å². The van der Waals surface area contributed by atoms with E-state index in [2.05, 4.69) is 62.4 Å². The molecule has 0 atom stereocenters. The van der Waals surface area contributed by atoms with Crippen molar-refractivity contribution in [2.45, 2.75) is 52.4 Å². The van der Waals surface area contributed by atoms with Crippen molar-refractivity contribution in [3.63, 3.8) is 0 Å². The lowest BCUT2D eigenvalue weighted by Gasteiger charge is -2.13. The molecule has 3 aromatic carbocycles. The first kappa shape index (κ1) is 16.8. The Morgan fingerprint density at radius 3 is 2.42 bits per heavy atom. The average Bonchev–Trinajstić information content (AvgIpc) is 2.62. The molecule has 1 heteroatoms. The van der Waals surface area contributed by atoms with Crippen molar-refractivity contribution in [3.05, 3.63) is 54.1 Å². The van der Waals surface area contributed by atoms with Crippen LogP contribution in [0.2, 0.25) is 0 Å². The molecule has 126 valence electrons. The largest absolute Gasteiger partial charge is 0.494 e. The summed E-state index contributed by atoms with van der Waals surface area (Å²) in [6, 6.07) is 17.6. The molecule has 0 amide bonds. The van der Waals surface area contributed by atoms with Crippen LogP contribution >= 0.6 is 0 Å². The van der Waals surface area contributed by atoms with E-state index in [0.29, 0.717) is 0 Å². The zero-order valence-electron chi connectivity index (χ0n) is 15.0. The molecule has 0 aliphatic carbocycles. The van der Waals surface area contributed by atoms with E-state index in [9.17, 15) is 0 Å². The second-order valence-corrected chi connectivity index (χ2v) is 6.62. The van der Waals surface area contributed by atoms with Crippen LogP contribution in [-0.2, 0) is 6.42 Å². The summed E-state index contributed by atoms with van der Waals surface area (Å²) >= 11 is 0. The molecule has 0 saturated heterocycles. The van der Waals surface area contributed by atoms with E-state index in [-0.39, 0.29) is 0 Å². The molecule has 0 radical (unpaired) electrons. The normalized spacial score (nSPS) is 11.2. The van der Waals surface area contributed by atoms with Gasteiger partial charge < -0.3 is 4.74 Å². The molecule has 0 N–H and O–H groups in total. The van der Waals surface area contributed by atoms with Gasteiger partial charge in [0.1, 0.15) is 5.75 Å². The van der Waals surface area contributed by atoms with Crippen LogP contribution in [0.5, 0.6) is 5.75 Å². The third kappa shape index (κ3) is 3.72. The minimum absolute atomic E-state index is 0.822. The molecule has 0 bridgehead atoms. The number of aryl methyl sites for hydroxylation is 1. The smallest absolute Gasteiger partial charge is 0.119 e. The SMILES string of the molecule is CCCCCCOc1ccc2cc3ccccc3c(CCC)c2c1. The molecule has 0 spiro atoms. The molecule has 0 unspecified atom stereocenters. The highest BCUT2D eigenvalue weighted by Gasteiger charge is 2.08. The van der Waals surface area contributed by atoms with Gasteiger partial charge in [0.15, 0.2) is 0 Å². The Morgan fingerprint density at radius 2 is 1.58 bits per heavy atom. The Labute approximate surface area is 145 Å². The summed E-state index contributed by atoms with van der Waals surface area (Å²) in [5, 5.41) is 5.38. The van der Waals surface area contributed by atoms with E-state index in [4.69, 9.17) is 4.74 Å². The lowest BCUT2D eigenvalue weighted by atomic mass is 9.94. The number of rotatable bonds is 8. The summed E-state index contributed by atoms with van der Waals surface area (Å²) in [5.41, 5.74) is 1.46. The first-order valence-corrected chi connectivity index (χ1v) is 9.40. The highest BCUT2D eigenvalue weighted by atomic mass is 16.5. The summed E-state index contributed by atoms with van der Waals surface area (Å²) in [6.07, 6.45) is 7.24. The molecule has 0 fully saturated rings. The minimum Gasteiger partial charge on any atom is -0.494 e. The zero-order valence-corrected chi connectivity index (χ0v) is 15.0. The summed E-state index contributed by atoms with van der Waals surface area (Å²) in [7, 11) is 0. The molecule has 0 saturated carbocycles. The molecule has 0 aliphatic heterocycles. The number of unbranched alkanes of at least 4 members (excludes halogenated alkanes) is 3. The van der Waals surface area contributed by atoms with E-state index < -0.39 is 0 Å². The van der Waals surface area contributed by atoms with Gasteiger partial charge in [-0.05, 0) is 58.1 Å². The third-order valence-electron chi connectivity index (χ3n) is 4.71. The van der Waals surface area contributed by atoms with Crippen molar-refractivity contribution in [3.8, 4) is 5.75 Å². The number of hydrogen-bond donors (Lipinski definition) is 0. The third-order valence-corrected chi connectivity index (χ3v) is 4.71. The fourth-order valence-electron chi connectivity index (χ4n) is 3.46. The topological polar surface area (TPSA) is 9.23 Å². The van der Waals surface area contributed by atoms with Crippen LogP contribution in [-0.4, -0.2) is 6.61 Å². The van der Waals surface area contributed by atoms with Gasteiger partial charge in [-0.2, -0.15) is 0 Å². The standard InChI is InChI=1S/C23H28O/c1-3-5-6-9-15-24-20-14-13-19-16-18-11-7-8-12-21(18)22(10-4-2)23(19)17-20/h7-8,11-14,16-17H,3-6,9-10,15H2,1-2H3. The zero-order chi connectivity index (χ0) is 16.8. The molecule has 3 aromatic rings. The first-order valence-electron chi connectivity index (χ1n) is 9.40. The molecular formula is C23H28O. The molecule has 0 aliphatic rings. The van der Waals surface area contributed by atoms with Crippen LogP contribution in [0.3, 0.4) is 0 Å². The van der Waals surface area contributed by atoms with Crippen molar-refractivity contribution in [2.75, 3.05) is 6.61 Å². The molecule has 0 aromatic heterocycles.